The Kier molecular flexibility index (Phi) is 5.86. The van der Waals surface area contributed by atoms with Crippen LogP contribution in [0.1, 0.15) is 32.3 Å². The topological polar surface area (TPSA) is 9.23 Å². The van der Waals surface area contributed by atoms with Crippen LogP contribution in [0.15, 0.2) is 18.2 Å². The second-order valence-electron chi connectivity index (χ2n) is 3.67. The van der Waals surface area contributed by atoms with Crippen LogP contribution in [0.2, 0.25) is 0 Å². The maximum absolute atomic E-state index is 13.3. The number of benzene rings is 1. The number of alkyl halides is 1. The molecule has 0 fully saturated rings. The van der Waals surface area contributed by atoms with E-state index in [1.165, 1.54) is 12.1 Å². The number of hydrogen-bond acceptors (Lipinski definition) is 1. The smallest absolute Gasteiger partial charge is 0.128 e. The van der Waals surface area contributed by atoms with E-state index < -0.39 is 0 Å². The summed E-state index contributed by atoms with van der Waals surface area (Å²) in [6.07, 6.45) is 1.91. The summed E-state index contributed by atoms with van der Waals surface area (Å²) in [7, 11) is 0. The van der Waals surface area contributed by atoms with Crippen LogP contribution in [0.4, 0.5) is 4.39 Å². The van der Waals surface area contributed by atoms with E-state index >= 15 is 0 Å². The standard InChI is InChI=1S/C14H16ClFO/c1-3-13(4-2)17-14-9-11(6-5-7-15)8-12(16)10-14/h8-10,13H,3-4,7H2,1-2H3. The number of halogens is 2. The molecule has 3 heteroatoms. The molecule has 0 heterocycles. The molecule has 1 aromatic carbocycles. The molecule has 0 bridgehead atoms. The molecule has 0 aliphatic carbocycles. The highest BCUT2D eigenvalue weighted by atomic mass is 35.5. The molecule has 17 heavy (non-hydrogen) atoms. The number of hydrogen-bond donors (Lipinski definition) is 0. The molecule has 1 rings (SSSR count). The van der Waals surface area contributed by atoms with Gasteiger partial charge in [-0.25, -0.2) is 4.39 Å². The van der Waals surface area contributed by atoms with Crippen LogP contribution in [0.5, 0.6) is 5.75 Å². The summed E-state index contributed by atoms with van der Waals surface area (Å²) in [5.74, 6) is 5.90. The zero-order chi connectivity index (χ0) is 12.7. The second-order valence-corrected chi connectivity index (χ2v) is 3.93. The van der Waals surface area contributed by atoms with Crippen LogP contribution in [0, 0.1) is 17.7 Å². The summed E-state index contributed by atoms with van der Waals surface area (Å²) >= 11 is 5.46. The average Bonchev–Trinajstić information content (AvgIpc) is 2.32. The molecule has 92 valence electrons. The van der Waals surface area contributed by atoms with E-state index in [1.807, 2.05) is 13.8 Å². The monoisotopic (exact) mass is 254 g/mol. The van der Waals surface area contributed by atoms with E-state index in [0.717, 1.165) is 12.8 Å². The number of ether oxygens (including phenoxy) is 1. The SMILES string of the molecule is CCC(CC)Oc1cc(F)cc(C#CCCl)c1. The molecule has 0 amide bonds. The predicted octanol–water partition coefficient (Wildman–Crippen LogP) is 3.98. The van der Waals surface area contributed by atoms with Gasteiger partial charge in [0, 0.05) is 11.6 Å². The molecular weight excluding hydrogens is 239 g/mol. The maximum atomic E-state index is 13.3. The first-order valence-corrected chi connectivity index (χ1v) is 6.25. The molecule has 0 aliphatic rings. The first kappa shape index (κ1) is 13.9. The van der Waals surface area contributed by atoms with Crippen LogP contribution in [0.25, 0.3) is 0 Å². The van der Waals surface area contributed by atoms with Crippen LogP contribution >= 0.6 is 11.6 Å². The van der Waals surface area contributed by atoms with Crippen molar-refractivity contribution in [3.8, 4) is 17.6 Å². The van der Waals surface area contributed by atoms with E-state index in [-0.39, 0.29) is 17.8 Å². The van der Waals surface area contributed by atoms with Crippen molar-refractivity contribution in [3.05, 3.63) is 29.6 Å². The zero-order valence-electron chi connectivity index (χ0n) is 10.1. The van der Waals surface area contributed by atoms with Gasteiger partial charge in [0.25, 0.3) is 0 Å². The summed E-state index contributed by atoms with van der Waals surface area (Å²) < 4.78 is 19.0. The van der Waals surface area contributed by atoms with Crippen LogP contribution in [-0.2, 0) is 0 Å². The largest absolute Gasteiger partial charge is 0.490 e. The fourth-order valence-electron chi connectivity index (χ4n) is 1.49. The quantitative estimate of drug-likeness (QED) is 0.583. The lowest BCUT2D eigenvalue weighted by molar-refractivity contribution is 0.192. The normalized spacial score (nSPS) is 9.94. The molecule has 0 spiro atoms. The minimum absolute atomic E-state index is 0.116. The molecule has 0 radical (unpaired) electrons. The Morgan fingerprint density at radius 1 is 1.29 bits per heavy atom. The Morgan fingerprint density at radius 3 is 2.59 bits per heavy atom. The molecule has 0 N–H and O–H groups in total. The van der Waals surface area contributed by atoms with Gasteiger partial charge in [-0.15, -0.1) is 11.6 Å². The highest BCUT2D eigenvalue weighted by molar-refractivity contribution is 6.19. The third-order valence-corrected chi connectivity index (χ3v) is 2.52. The lowest BCUT2D eigenvalue weighted by Gasteiger charge is -2.15. The molecule has 0 saturated carbocycles. The van der Waals surface area contributed by atoms with Crippen molar-refractivity contribution in [2.24, 2.45) is 0 Å². The Labute approximate surface area is 107 Å². The van der Waals surface area contributed by atoms with E-state index in [1.54, 1.807) is 6.07 Å². The molecule has 1 nitrogen and oxygen atoms in total. The molecule has 1 aromatic rings. The Hall–Kier alpha value is -1.20. The van der Waals surface area contributed by atoms with Crippen LogP contribution < -0.4 is 4.74 Å². The van der Waals surface area contributed by atoms with Crippen molar-refractivity contribution in [2.75, 3.05) is 5.88 Å². The minimum atomic E-state index is -0.340. The molecule has 0 atom stereocenters. The van der Waals surface area contributed by atoms with E-state index in [2.05, 4.69) is 11.8 Å². The summed E-state index contributed by atoms with van der Waals surface area (Å²) in [6, 6.07) is 4.49. The fraction of sp³-hybridized carbons (Fsp3) is 0.429. The van der Waals surface area contributed by atoms with Gasteiger partial charge in [-0.05, 0) is 25.0 Å². The van der Waals surface area contributed by atoms with Gasteiger partial charge in [0.15, 0.2) is 0 Å². The van der Waals surface area contributed by atoms with Gasteiger partial charge in [-0.3, -0.25) is 0 Å². The van der Waals surface area contributed by atoms with Crippen molar-refractivity contribution in [1.82, 2.24) is 0 Å². The van der Waals surface area contributed by atoms with Crippen LogP contribution in [0.3, 0.4) is 0 Å². The Morgan fingerprint density at radius 2 is 2.00 bits per heavy atom. The third-order valence-electron chi connectivity index (χ3n) is 2.38. The van der Waals surface area contributed by atoms with Crippen molar-refractivity contribution in [1.29, 1.82) is 0 Å². The van der Waals surface area contributed by atoms with Gasteiger partial charge >= 0.3 is 0 Å². The first-order valence-electron chi connectivity index (χ1n) is 5.71. The fourth-order valence-corrected chi connectivity index (χ4v) is 1.55. The summed E-state index contributed by atoms with van der Waals surface area (Å²) in [5.41, 5.74) is 0.589. The van der Waals surface area contributed by atoms with Crippen molar-refractivity contribution >= 4 is 11.6 Å². The van der Waals surface area contributed by atoms with Crippen molar-refractivity contribution < 1.29 is 9.13 Å². The predicted molar refractivity (Wildman–Crippen MR) is 69.0 cm³/mol. The second kappa shape index (κ2) is 7.19. The first-order chi connectivity index (χ1) is 8.19. The zero-order valence-corrected chi connectivity index (χ0v) is 10.9. The van der Waals surface area contributed by atoms with Gasteiger partial charge in [0.05, 0.1) is 12.0 Å². The van der Waals surface area contributed by atoms with E-state index in [4.69, 9.17) is 16.3 Å². The van der Waals surface area contributed by atoms with Crippen molar-refractivity contribution in [2.45, 2.75) is 32.8 Å². The van der Waals surface area contributed by atoms with Gasteiger partial charge in [0.2, 0.25) is 0 Å². The lowest BCUT2D eigenvalue weighted by Crippen LogP contribution is -2.13. The van der Waals surface area contributed by atoms with Gasteiger partial charge < -0.3 is 4.74 Å². The van der Waals surface area contributed by atoms with Crippen molar-refractivity contribution in [3.63, 3.8) is 0 Å². The summed E-state index contributed by atoms with van der Waals surface area (Å²) in [5, 5.41) is 0. The Bertz CT molecular complexity index is 416. The molecule has 0 unspecified atom stereocenters. The lowest BCUT2D eigenvalue weighted by atomic mass is 10.2. The molecule has 0 aromatic heterocycles. The highest BCUT2D eigenvalue weighted by Gasteiger charge is 2.07. The van der Waals surface area contributed by atoms with Gasteiger partial charge in [-0.1, -0.05) is 25.7 Å². The maximum Gasteiger partial charge on any atom is 0.128 e. The minimum Gasteiger partial charge on any atom is -0.490 e. The highest BCUT2D eigenvalue weighted by Crippen LogP contribution is 2.19. The number of rotatable bonds is 4. The summed E-state index contributed by atoms with van der Waals surface area (Å²) in [6.45, 7) is 4.09. The Balaban J connectivity index is 2.89. The van der Waals surface area contributed by atoms with Gasteiger partial charge in [-0.2, -0.15) is 0 Å². The molecular formula is C14H16ClFO. The summed E-state index contributed by atoms with van der Waals surface area (Å²) in [4.78, 5) is 0. The van der Waals surface area contributed by atoms with E-state index in [0.29, 0.717) is 11.3 Å². The van der Waals surface area contributed by atoms with Gasteiger partial charge in [0.1, 0.15) is 11.6 Å². The van der Waals surface area contributed by atoms with E-state index in [9.17, 15) is 4.39 Å². The third kappa shape index (κ3) is 4.66. The molecule has 0 aliphatic heterocycles. The molecule has 0 saturated heterocycles. The average molecular weight is 255 g/mol. The van der Waals surface area contributed by atoms with Crippen LogP contribution in [-0.4, -0.2) is 12.0 Å².